The van der Waals surface area contributed by atoms with Crippen molar-refractivity contribution in [2.45, 2.75) is 18.5 Å². The molecule has 1 fully saturated rings. The molecule has 1 aliphatic heterocycles. The van der Waals surface area contributed by atoms with Crippen LogP contribution >= 0.6 is 22.9 Å². The van der Waals surface area contributed by atoms with Crippen molar-refractivity contribution in [3.8, 4) is 10.6 Å². The summed E-state index contributed by atoms with van der Waals surface area (Å²) in [6.45, 7) is 0. The van der Waals surface area contributed by atoms with Crippen LogP contribution < -0.4 is 10.0 Å². The molecule has 31 heavy (non-hydrogen) atoms. The predicted molar refractivity (Wildman–Crippen MR) is 124 cm³/mol. The summed E-state index contributed by atoms with van der Waals surface area (Å²) < 4.78 is 33.0. The van der Waals surface area contributed by atoms with Crippen LogP contribution in [0.2, 0.25) is 5.02 Å². The van der Waals surface area contributed by atoms with Crippen LogP contribution in [0, 0.1) is 5.82 Å². The van der Waals surface area contributed by atoms with Crippen LogP contribution in [0.1, 0.15) is 17.3 Å². The molecule has 0 bridgehead atoms. The fourth-order valence-electron chi connectivity index (χ4n) is 3.45. The third-order valence-corrected chi connectivity index (χ3v) is 8.57. The fourth-order valence-corrected chi connectivity index (χ4v) is 6.26. The van der Waals surface area contributed by atoms with Crippen molar-refractivity contribution in [2.24, 2.45) is 7.05 Å². The van der Waals surface area contributed by atoms with Crippen LogP contribution in [0.15, 0.2) is 42.9 Å². The Hall–Kier alpha value is -2.24. The average Bonchev–Trinajstić information content (AvgIpc) is 3.35. The fraction of sp³-hybridized carbons (Fsp3) is 0.250. The number of nitrogens with zero attached hydrogens (tertiary/aromatic N) is 3. The summed E-state index contributed by atoms with van der Waals surface area (Å²) in [6, 6.07) is 6.87. The highest BCUT2D eigenvalue weighted by Gasteiger charge is 2.38. The van der Waals surface area contributed by atoms with Crippen molar-refractivity contribution in [1.82, 2.24) is 18.6 Å². The first-order valence-corrected chi connectivity index (χ1v) is 12.2. The van der Waals surface area contributed by atoms with Gasteiger partial charge in [-0.1, -0.05) is 11.6 Å². The monoisotopic (exact) mass is 481 g/mol. The van der Waals surface area contributed by atoms with Gasteiger partial charge in [0.25, 0.3) is 0 Å². The lowest BCUT2D eigenvalue weighted by Crippen LogP contribution is -2.55. The lowest BCUT2D eigenvalue weighted by Gasteiger charge is -2.39. The molecule has 3 heterocycles. The van der Waals surface area contributed by atoms with E-state index in [1.807, 2.05) is 23.7 Å². The molecule has 11 heteroatoms. The molecule has 0 aliphatic carbocycles. The minimum absolute atomic E-state index is 0.0865. The van der Waals surface area contributed by atoms with Gasteiger partial charge < -0.3 is 9.88 Å². The molecule has 2 aromatic heterocycles. The molecule has 0 spiro atoms. The van der Waals surface area contributed by atoms with Crippen LogP contribution in [0.3, 0.4) is 0 Å². The number of hydrogen-bond donors (Lipinski definition) is 2. The minimum atomic E-state index is -2.89. The third kappa shape index (κ3) is 4.39. The van der Waals surface area contributed by atoms with Gasteiger partial charge in [-0.2, -0.15) is 0 Å². The van der Waals surface area contributed by atoms with Gasteiger partial charge in [-0.15, -0.1) is 11.3 Å². The number of benzene rings is 1. The largest absolute Gasteiger partial charge is 0.333 e. The van der Waals surface area contributed by atoms with Crippen LogP contribution in [-0.2, 0) is 21.7 Å². The number of aryl methyl sites for hydroxylation is 1. The van der Waals surface area contributed by atoms with Gasteiger partial charge in [0.1, 0.15) is 11.9 Å². The number of thiophene rings is 1. The molecule has 1 amide bonds. The predicted octanol–water partition coefficient (Wildman–Crippen LogP) is 3.46. The Morgan fingerprint density at radius 1 is 1.39 bits per heavy atom. The number of imidazole rings is 1. The maximum absolute atomic E-state index is 13.4. The van der Waals surface area contributed by atoms with Gasteiger partial charge in [0, 0.05) is 24.7 Å². The number of halogens is 2. The molecule has 0 saturated carbocycles. The quantitative estimate of drug-likeness (QED) is 0.560. The second-order valence-corrected chi connectivity index (χ2v) is 10.9. The highest BCUT2D eigenvalue weighted by molar-refractivity contribution is 7.96. The van der Waals surface area contributed by atoms with Gasteiger partial charge in [0.15, 0.2) is 0 Å². The van der Waals surface area contributed by atoms with E-state index < -0.39 is 21.8 Å². The van der Waals surface area contributed by atoms with Crippen LogP contribution in [0.4, 0.5) is 10.1 Å². The summed E-state index contributed by atoms with van der Waals surface area (Å²) >= 11 is 7.36. The Bertz CT molecular complexity index is 1240. The van der Waals surface area contributed by atoms with Crippen molar-refractivity contribution in [1.29, 1.82) is 0 Å². The molecule has 1 saturated heterocycles. The van der Waals surface area contributed by atoms with E-state index in [4.69, 9.17) is 11.6 Å². The first kappa shape index (κ1) is 22.0. The average molecular weight is 482 g/mol. The summed E-state index contributed by atoms with van der Waals surface area (Å²) in [4.78, 5) is 19.1. The van der Waals surface area contributed by atoms with Crippen LogP contribution in [0.25, 0.3) is 10.6 Å². The maximum atomic E-state index is 13.4. The Balaban J connectivity index is 1.58. The highest BCUT2D eigenvalue weighted by atomic mass is 35.5. The van der Waals surface area contributed by atoms with Crippen molar-refractivity contribution >= 4 is 50.3 Å². The lowest BCUT2D eigenvalue weighted by molar-refractivity contribution is -0.120. The van der Waals surface area contributed by atoms with Crippen LogP contribution in [0.5, 0.6) is 0 Å². The number of nitrogens with one attached hydrogen (secondary N) is 2. The van der Waals surface area contributed by atoms with E-state index >= 15 is 0 Å². The third-order valence-electron chi connectivity index (χ3n) is 5.22. The maximum Gasteiger partial charge on any atom is 0.242 e. The number of amides is 1. The molecule has 3 atom stereocenters. The molecule has 1 unspecified atom stereocenters. The summed E-state index contributed by atoms with van der Waals surface area (Å²) in [5, 5.41) is 2.65. The zero-order chi connectivity index (χ0) is 22.3. The van der Waals surface area contributed by atoms with Gasteiger partial charge in [-0.05, 0) is 42.6 Å². The highest BCUT2D eigenvalue weighted by Crippen LogP contribution is 2.36. The molecular weight excluding hydrogens is 461 g/mol. The minimum Gasteiger partial charge on any atom is -0.333 e. The van der Waals surface area contributed by atoms with Crippen molar-refractivity contribution in [2.75, 3.05) is 12.4 Å². The second kappa shape index (κ2) is 8.36. The Labute approximate surface area is 189 Å². The first-order chi connectivity index (χ1) is 14.7. The van der Waals surface area contributed by atoms with Crippen molar-refractivity contribution in [3.05, 3.63) is 58.6 Å². The number of carbonyl (C=O) groups excluding carboxylic acids is 1. The van der Waals surface area contributed by atoms with Gasteiger partial charge in [-0.25, -0.2) is 22.6 Å². The van der Waals surface area contributed by atoms with E-state index in [1.54, 1.807) is 30.9 Å². The summed E-state index contributed by atoms with van der Waals surface area (Å²) in [6.07, 6.45) is 3.90. The molecule has 0 radical (unpaired) electrons. The number of aromatic nitrogens is 2. The lowest BCUT2D eigenvalue weighted by atomic mass is 10.1. The van der Waals surface area contributed by atoms with E-state index in [0.717, 1.165) is 15.4 Å². The number of likely N-dealkylation sites (N-methyl/N-ethyl adjacent to an activating group) is 1. The van der Waals surface area contributed by atoms with Gasteiger partial charge in [-0.3, -0.25) is 4.79 Å². The summed E-state index contributed by atoms with van der Waals surface area (Å²) in [5.74, 6) is 2.87. The van der Waals surface area contributed by atoms with E-state index in [1.165, 1.54) is 22.5 Å². The molecule has 2 N–H and O–H groups in total. The second-order valence-electron chi connectivity index (χ2n) is 7.32. The van der Waals surface area contributed by atoms with E-state index in [0.29, 0.717) is 12.1 Å². The van der Waals surface area contributed by atoms with Crippen molar-refractivity contribution < 1.29 is 13.4 Å². The summed E-state index contributed by atoms with van der Waals surface area (Å²) in [7, 11) is 0.623. The number of hydrogen-bond acceptors (Lipinski definition) is 4. The molecule has 3 aromatic rings. The smallest absolute Gasteiger partial charge is 0.242 e. The Morgan fingerprint density at radius 2 is 2.16 bits per heavy atom. The SMILES string of the molecule is C=S1(=O)N[C@@H](c2ccc(-c3cncn3C)s2)C[C@@H](C(=O)Nc2ccc(F)c(Cl)c2)N1C. The zero-order valence-electron chi connectivity index (χ0n) is 16.8. The molecule has 7 nitrogen and oxygen atoms in total. The van der Waals surface area contributed by atoms with Gasteiger partial charge in [0.05, 0.1) is 44.1 Å². The number of anilines is 1. The topological polar surface area (TPSA) is 79.3 Å². The first-order valence-electron chi connectivity index (χ1n) is 9.35. The molecule has 4 rings (SSSR count). The Morgan fingerprint density at radius 3 is 2.84 bits per heavy atom. The van der Waals surface area contributed by atoms with Crippen molar-refractivity contribution in [3.63, 3.8) is 0 Å². The van der Waals surface area contributed by atoms with E-state index in [2.05, 4.69) is 20.9 Å². The molecule has 1 aliphatic rings. The Kier molecular flexibility index (Phi) is 5.93. The standard InChI is InChI=1S/C20H21ClFN5O2S2/c1-26-11-23-10-17(26)19-7-6-18(30-19)15-9-16(27(2)31(3,29)25-15)20(28)24-12-4-5-14(22)13(21)8-12/h4-8,10-11,15-16H,3,9H2,1-2H3,(H,24,28)(H,25,29)/t15-,16+,31?/m1/s1. The van der Waals surface area contributed by atoms with E-state index in [-0.39, 0.29) is 17.0 Å². The van der Waals surface area contributed by atoms with Gasteiger partial charge >= 0.3 is 0 Å². The zero-order valence-corrected chi connectivity index (χ0v) is 19.2. The van der Waals surface area contributed by atoms with Crippen LogP contribution in [-0.4, -0.2) is 42.9 Å². The number of carbonyl (C=O) groups is 1. The van der Waals surface area contributed by atoms with E-state index in [9.17, 15) is 13.4 Å². The molecular formula is C20H21ClFN5O2S2. The molecule has 1 aromatic carbocycles. The summed E-state index contributed by atoms with van der Waals surface area (Å²) in [5.41, 5.74) is 1.34. The molecule has 164 valence electrons. The van der Waals surface area contributed by atoms with Gasteiger partial charge in [0.2, 0.25) is 5.91 Å². The number of rotatable bonds is 4. The normalized spacial score (nSPS) is 24.3.